The van der Waals surface area contributed by atoms with Crippen molar-refractivity contribution in [2.45, 2.75) is 19.8 Å². The minimum atomic E-state index is 0.161. The van der Waals surface area contributed by atoms with E-state index in [2.05, 4.69) is 10.2 Å². The molecule has 4 nitrogen and oxygen atoms in total. The number of rotatable bonds is 2. The molecule has 0 amide bonds. The predicted molar refractivity (Wildman–Crippen MR) is 54.0 cm³/mol. The molecule has 0 aromatic carbocycles. The van der Waals surface area contributed by atoms with Gasteiger partial charge in [0.15, 0.2) is 0 Å². The Morgan fingerprint density at radius 2 is 2.29 bits per heavy atom. The molecule has 2 rings (SSSR count). The van der Waals surface area contributed by atoms with E-state index in [1.807, 2.05) is 32.0 Å². The van der Waals surface area contributed by atoms with Crippen molar-refractivity contribution < 1.29 is 4.42 Å². The summed E-state index contributed by atoms with van der Waals surface area (Å²) in [5.41, 5.74) is 6.50. The highest BCUT2D eigenvalue weighted by Crippen LogP contribution is 2.24. The molecule has 0 saturated carbocycles. The maximum atomic E-state index is 5.53. The van der Waals surface area contributed by atoms with Crippen molar-refractivity contribution >= 4 is 5.82 Å². The van der Waals surface area contributed by atoms with Gasteiger partial charge in [-0.1, -0.05) is 0 Å². The average molecular weight is 191 g/mol. The highest BCUT2D eigenvalue weighted by atomic mass is 16.3. The Kier molecular flexibility index (Phi) is 2.04. The molecule has 0 saturated heterocycles. The van der Waals surface area contributed by atoms with Gasteiger partial charge in [-0.3, -0.25) is 5.10 Å². The van der Waals surface area contributed by atoms with Gasteiger partial charge in [0.25, 0.3) is 0 Å². The number of nitrogens with one attached hydrogen (secondary N) is 1. The maximum absolute atomic E-state index is 5.53. The Balaban J connectivity index is 2.28. The molecule has 3 N–H and O–H groups in total. The van der Waals surface area contributed by atoms with Crippen LogP contribution in [0.25, 0.3) is 0 Å². The molecule has 0 spiro atoms. The van der Waals surface area contributed by atoms with Crippen molar-refractivity contribution in [3.63, 3.8) is 0 Å². The molecule has 1 atom stereocenters. The second kappa shape index (κ2) is 3.21. The number of hydrogen-bond acceptors (Lipinski definition) is 3. The van der Waals surface area contributed by atoms with Crippen molar-refractivity contribution in [1.29, 1.82) is 0 Å². The number of aryl methyl sites for hydroxylation is 1. The highest BCUT2D eigenvalue weighted by Gasteiger charge is 2.13. The van der Waals surface area contributed by atoms with Crippen LogP contribution in [0.15, 0.2) is 22.6 Å². The van der Waals surface area contributed by atoms with Crippen LogP contribution < -0.4 is 5.73 Å². The van der Waals surface area contributed by atoms with Gasteiger partial charge < -0.3 is 10.2 Å². The highest BCUT2D eigenvalue weighted by molar-refractivity contribution is 5.32. The molecular formula is C10H13N3O. The van der Waals surface area contributed by atoms with Crippen LogP contribution in [0.2, 0.25) is 0 Å². The fraction of sp³-hybridized carbons (Fsp3) is 0.300. The van der Waals surface area contributed by atoms with Crippen LogP contribution in [0, 0.1) is 6.92 Å². The molecule has 2 heterocycles. The number of hydrogen-bond donors (Lipinski definition) is 2. The molecule has 2 aromatic rings. The zero-order chi connectivity index (χ0) is 10.1. The first-order valence-corrected chi connectivity index (χ1v) is 4.54. The molecule has 4 heteroatoms. The van der Waals surface area contributed by atoms with Gasteiger partial charge in [0, 0.05) is 11.8 Å². The molecular weight excluding hydrogens is 178 g/mol. The maximum Gasteiger partial charge on any atom is 0.145 e. The summed E-state index contributed by atoms with van der Waals surface area (Å²) in [5, 5.41) is 6.76. The summed E-state index contributed by atoms with van der Waals surface area (Å²) >= 11 is 0. The number of aromatic nitrogens is 2. The van der Waals surface area contributed by atoms with E-state index in [4.69, 9.17) is 10.2 Å². The van der Waals surface area contributed by atoms with Gasteiger partial charge in [-0.15, -0.1) is 0 Å². The van der Waals surface area contributed by atoms with Gasteiger partial charge in [0.2, 0.25) is 0 Å². The average Bonchev–Trinajstić information content (AvgIpc) is 2.73. The van der Waals surface area contributed by atoms with Crippen molar-refractivity contribution in [2.24, 2.45) is 0 Å². The topological polar surface area (TPSA) is 67.8 Å². The number of anilines is 1. The molecule has 0 fully saturated rings. The molecule has 0 aliphatic carbocycles. The molecule has 74 valence electrons. The van der Waals surface area contributed by atoms with Gasteiger partial charge in [0.1, 0.15) is 17.3 Å². The second-order valence-corrected chi connectivity index (χ2v) is 3.42. The molecule has 1 unspecified atom stereocenters. The lowest BCUT2D eigenvalue weighted by molar-refractivity contribution is 0.468. The summed E-state index contributed by atoms with van der Waals surface area (Å²) in [6.45, 7) is 3.97. The van der Waals surface area contributed by atoms with Crippen LogP contribution >= 0.6 is 0 Å². The summed E-state index contributed by atoms with van der Waals surface area (Å²) in [7, 11) is 0. The first-order valence-electron chi connectivity index (χ1n) is 4.54. The third-order valence-corrected chi connectivity index (χ3v) is 2.27. The van der Waals surface area contributed by atoms with E-state index >= 15 is 0 Å². The molecule has 0 aliphatic heterocycles. The standard InChI is InChI=1S/C10H13N3O/c1-6-3-4-9(14-6)7(2)8-5-10(11)13-12-8/h3-5,7H,1-2H3,(H3,11,12,13). The molecule has 2 aromatic heterocycles. The van der Waals surface area contributed by atoms with Crippen molar-refractivity contribution in [1.82, 2.24) is 10.2 Å². The van der Waals surface area contributed by atoms with Crippen LogP contribution in [0.4, 0.5) is 5.82 Å². The molecule has 14 heavy (non-hydrogen) atoms. The van der Waals surface area contributed by atoms with Crippen LogP contribution in [0.3, 0.4) is 0 Å². The molecule has 0 aliphatic rings. The number of H-pyrrole nitrogens is 1. The first kappa shape index (κ1) is 8.87. The van der Waals surface area contributed by atoms with Gasteiger partial charge in [-0.2, -0.15) is 5.10 Å². The Labute approximate surface area is 82.1 Å². The third kappa shape index (κ3) is 1.51. The predicted octanol–water partition coefficient (Wildman–Crippen LogP) is 2.05. The number of nitrogen functional groups attached to an aromatic ring is 1. The molecule has 0 radical (unpaired) electrons. The smallest absolute Gasteiger partial charge is 0.145 e. The van der Waals surface area contributed by atoms with E-state index in [-0.39, 0.29) is 5.92 Å². The number of aromatic amines is 1. The van der Waals surface area contributed by atoms with E-state index < -0.39 is 0 Å². The van der Waals surface area contributed by atoms with E-state index in [0.717, 1.165) is 17.2 Å². The molecule has 0 bridgehead atoms. The summed E-state index contributed by atoms with van der Waals surface area (Å²) in [6.07, 6.45) is 0. The lowest BCUT2D eigenvalue weighted by Gasteiger charge is -2.04. The first-order chi connectivity index (χ1) is 6.66. The van der Waals surface area contributed by atoms with Crippen molar-refractivity contribution in [3.05, 3.63) is 35.4 Å². The number of nitrogens with two attached hydrogens (primary N) is 1. The zero-order valence-corrected chi connectivity index (χ0v) is 8.24. The van der Waals surface area contributed by atoms with E-state index in [1.54, 1.807) is 0 Å². The zero-order valence-electron chi connectivity index (χ0n) is 8.24. The fourth-order valence-corrected chi connectivity index (χ4v) is 1.41. The number of furan rings is 1. The summed E-state index contributed by atoms with van der Waals surface area (Å²) in [4.78, 5) is 0. The minimum Gasteiger partial charge on any atom is -0.466 e. The van der Waals surface area contributed by atoms with Crippen molar-refractivity contribution in [2.75, 3.05) is 5.73 Å². The van der Waals surface area contributed by atoms with Crippen LogP contribution in [0.1, 0.15) is 30.1 Å². The van der Waals surface area contributed by atoms with Crippen LogP contribution in [0.5, 0.6) is 0 Å². The van der Waals surface area contributed by atoms with E-state index in [0.29, 0.717) is 5.82 Å². The van der Waals surface area contributed by atoms with Crippen molar-refractivity contribution in [3.8, 4) is 0 Å². The van der Waals surface area contributed by atoms with Gasteiger partial charge >= 0.3 is 0 Å². The normalized spacial score (nSPS) is 13.0. The summed E-state index contributed by atoms with van der Waals surface area (Å²) in [6, 6.07) is 5.74. The lowest BCUT2D eigenvalue weighted by atomic mass is 10.1. The summed E-state index contributed by atoms with van der Waals surface area (Å²) < 4.78 is 5.52. The Bertz CT molecular complexity index is 390. The largest absolute Gasteiger partial charge is 0.466 e. The lowest BCUT2D eigenvalue weighted by Crippen LogP contribution is -1.94. The Morgan fingerprint density at radius 3 is 2.79 bits per heavy atom. The second-order valence-electron chi connectivity index (χ2n) is 3.42. The third-order valence-electron chi connectivity index (χ3n) is 2.27. The summed E-state index contributed by atoms with van der Waals surface area (Å²) in [5.74, 6) is 2.51. The van der Waals surface area contributed by atoms with Gasteiger partial charge in [-0.25, -0.2) is 0 Å². The monoisotopic (exact) mass is 191 g/mol. The minimum absolute atomic E-state index is 0.161. The van der Waals surface area contributed by atoms with Gasteiger partial charge in [-0.05, 0) is 26.0 Å². The Morgan fingerprint density at radius 1 is 1.50 bits per heavy atom. The number of nitrogens with zero attached hydrogens (tertiary/aromatic N) is 1. The van der Waals surface area contributed by atoms with E-state index in [1.165, 1.54) is 0 Å². The quantitative estimate of drug-likeness (QED) is 0.763. The fourth-order valence-electron chi connectivity index (χ4n) is 1.41. The van der Waals surface area contributed by atoms with Crippen LogP contribution in [-0.4, -0.2) is 10.2 Å². The Hall–Kier alpha value is -1.71. The SMILES string of the molecule is Cc1ccc(C(C)c2cc(N)n[nH]2)o1. The van der Waals surface area contributed by atoms with Gasteiger partial charge in [0.05, 0.1) is 5.92 Å². The van der Waals surface area contributed by atoms with E-state index in [9.17, 15) is 0 Å². The van der Waals surface area contributed by atoms with Crippen LogP contribution in [-0.2, 0) is 0 Å².